The number of nitrogens with two attached hydrogens (primary N) is 1. The Morgan fingerprint density at radius 1 is 1.13 bits per heavy atom. The van der Waals surface area contributed by atoms with Gasteiger partial charge < -0.3 is 25.1 Å². The average molecular weight is 532 g/mol. The number of carbonyl (C=O) groups excluding carboxylic acids is 2. The number of halogens is 3. The number of carbonyl (C=O) groups is 2. The lowest BCUT2D eigenvalue weighted by Gasteiger charge is -2.43. The van der Waals surface area contributed by atoms with E-state index in [-0.39, 0.29) is 34.5 Å². The maximum Gasteiger partial charge on any atom is 0.433 e. The number of aromatic nitrogens is 2. The van der Waals surface area contributed by atoms with Crippen LogP contribution in [0.2, 0.25) is 0 Å². The van der Waals surface area contributed by atoms with Crippen molar-refractivity contribution in [3.05, 3.63) is 41.4 Å². The molecule has 0 unspecified atom stereocenters. The zero-order valence-electron chi connectivity index (χ0n) is 21.0. The fourth-order valence-corrected chi connectivity index (χ4v) is 5.04. The normalized spacial score (nSPS) is 17.8. The first-order valence-electron chi connectivity index (χ1n) is 12.5. The number of hydrogen-bond donors (Lipinski definition) is 2. The number of nitrogens with one attached hydrogen (secondary N) is 1. The van der Waals surface area contributed by atoms with Crippen LogP contribution in [0, 0.1) is 0 Å². The summed E-state index contributed by atoms with van der Waals surface area (Å²) in [7, 11) is 1.33. The standard InChI is InChI=1S/C26H28F3N5O4/c1-14(30)21-20(22(35)33-25(10-5-11-25)24(36)34-12-3-4-13-34)32-23(38-21)16-6-8-17(37-2)19-15(16)7-9-18(31-19)26(27,28)29/h6-9,14H,3-5,10-13,30H2,1-2H3,(H,33,35)/t14-/m0/s1. The molecule has 3 N–H and O–H groups in total. The summed E-state index contributed by atoms with van der Waals surface area (Å²) in [5.41, 5.74) is 4.25. The molecule has 1 aliphatic heterocycles. The second-order valence-electron chi connectivity index (χ2n) is 9.82. The summed E-state index contributed by atoms with van der Waals surface area (Å²) in [5, 5.41) is 3.19. The van der Waals surface area contributed by atoms with Gasteiger partial charge >= 0.3 is 6.18 Å². The summed E-state index contributed by atoms with van der Waals surface area (Å²) in [6, 6.07) is 4.43. The minimum absolute atomic E-state index is 0.00908. The fourth-order valence-electron chi connectivity index (χ4n) is 5.04. The third kappa shape index (κ3) is 4.46. The van der Waals surface area contributed by atoms with Crippen molar-refractivity contribution in [2.45, 2.75) is 56.8 Å². The van der Waals surface area contributed by atoms with Gasteiger partial charge in [-0.05, 0) is 63.3 Å². The number of hydrogen-bond acceptors (Lipinski definition) is 7. The van der Waals surface area contributed by atoms with Crippen LogP contribution < -0.4 is 15.8 Å². The summed E-state index contributed by atoms with van der Waals surface area (Å²) in [4.78, 5) is 36.6. The molecular formula is C26H28F3N5O4. The predicted octanol–water partition coefficient (Wildman–Crippen LogP) is 4.21. The van der Waals surface area contributed by atoms with E-state index in [0.29, 0.717) is 36.9 Å². The molecule has 2 aromatic heterocycles. The van der Waals surface area contributed by atoms with Crippen LogP contribution in [0.5, 0.6) is 5.75 Å². The van der Waals surface area contributed by atoms with Gasteiger partial charge in [0.15, 0.2) is 11.5 Å². The van der Waals surface area contributed by atoms with Crippen LogP contribution in [0.4, 0.5) is 13.2 Å². The zero-order chi connectivity index (χ0) is 27.2. The van der Waals surface area contributed by atoms with Crippen molar-refractivity contribution in [3.63, 3.8) is 0 Å². The van der Waals surface area contributed by atoms with E-state index in [1.165, 1.54) is 19.2 Å². The highest BCUT2D eigenvalue weighted by molar-refractivity contribution is 6.01. The number of pyridine rings is 1. The number of benzene rings is 1. The van der Waals surface area contributed by atoms with Crippen molar-refractivity contribution in [2.24, 2.45) is 5.73 Å². The number of oxazole rings is 1. The molecule has 1 saturated heterocycles. The van der Waals surface area contributed by atoms with E-state index in [0.717, 1.165) is 25.3 Å². The number of fused-ring (bicyclic) bond motifs is 1. The first-order valence-corrected chi connectivity index (χ1v) is 12.5. The molecule has 38 heavy (non-hydrogen) atoms. The quantitative estimate of drug-likeness (QED) is 0.488. The van der Waals surface area contributed by atoms with E-state index in [4.69, 9.17) is 14.9 Å². The number of methoxy groups -OCH3 is 1. The third-order valence-electron chi connectivity index (χ3n) is 7.21. The van der Waals surface area contributed by atoms with E-state index in [1.807, 2.05) is 0 Å². The van der Waals surface area contributed by atoms with Crippen molar-refractivity contribution in [1.82, 2.24) is 20.2 Å². The number of alkyl halides is 3. The van der Waals surface area contributed by atoms with Gasteiger partial charge in [-0.25, -0.2) is 9.97 Å². The number of amides is 2. The molecule has 1 aromatic carbocycles. The summed E-state index contributed by atoms with van der Waals surface area (Å²) in [6.45, 7) is 2.97. The maximum absolute atomic E-state index is 13.4. The SMILES string of the molecule is COc1ccc(-c2nc(C(=O)NC3(C(=O)N4CCCC4)CCC3)c([C@H](C)N)o2)c2ccc(C(F)(F)F)nc12. The molecule has 1 saturated carbocycles. The first kappa shape index (κ1) is 26.0. The fraction of sp³-hybridized carbons (Fsp3) is 0.462. The molecule has 5 rings (SSSR count). The highest BCUT2D eigenvalue weighted by Crippen LogP contribution is 2.38. The Bertz CT molecular complexity index is 1390. The monoisotopic (exact) mass is 531 g/mol. The molecule has 3 heterocycles. The Morgan fingerprint density at radius 3 is 2.42 bits per heavy atom. The molecule has 12 heteroatoms. The van der Waals surface area contributed by atoms with Gasteiger partial charge in [0, 0.05) is 24.0 Å². The van der Waals surface area contributed by atoms with Crippen LogP contribution in [0.25, 0.3) is 22.4 Å². The molecule has 1 atom stereocenters. The predicted molar refractivity (Wildman–Crippen MR) is 131 cm³/mol. The average Bonchev–Trinajstić information content (AvgIpc) is 3.55. The second-order valence-corrected chi connectivity index (χ2v) is 9.82. The van der Waals surface area contributed by atoms with Gasteiger partial charge in [0.2, 0.25) is 11.8 Å². The van der Waals surface area contributed by atoms with Gasteiger partial charge in [0.05, 0.1) is 13.2 Å². The maximum atomic E-state index is 13.4. The van der Waals surface area contributed by atoms with Crippen molar-refractivity contribution in [1.29, 1.82) is 0 Å². The highest BCUT2D eigenvalue weighted by atomic mass is 19.4. The number of rotatable bonds is 6. The number of likely N-dealkylation sites (tertiary alicyclic amines) is 1. The van der Waals surface area contributed by atoms with E-state index >= 15 is 0 Å². The zero-order valence-corrected chi connectivity index (χ0v) is 21.0. The van der Waals surface area contributed by atoms with Crippen LogP contribution in [0.1, 0.15) is 67.0 Å². The van der Waals surface area contributed by atoms with Crippen molar-refractivity contribution in [3.8, 4) is 17.2 Å². The van der Waals surface area contributed by atoms with Crippen molar-refractivity contribution in [2.75, 3.05) is 20.2 Å². The van der Waals surface area contributed by atoms with Gasteiger partial charge in [-0.1, -0.05) is 0 Å². The van der Waals surface area contributed by atoms with E-state index in [9.17, 15) is 22.8 Å². The summed E-state index contributed by atoms with van der Waals surface area (Å²) in [6.07, 6.45) is -0.894. The van der Waals surface area contributed by atoms with Gasteiger partial charge in [0.25, 0.3) is 5.91 Å². The topological polar surface area (TPSA) is 124 Å². The van der Waals surface area contributed by atoms with Crippen LogP contribution in [0.15, 0.2) is 28.7 Å². The molecule has 2 amide bonds. The molecule has 2 fully saturated rings. The Balaban J connectivity index is 1.53. The minimum Gasteiger partial charge on any atom is -0.494 e. The molecule has 2 aliphatic rings. The molecule has 0 bridgehead atoms. The Morgan fingerprint density at radius 2 is 1.84 bits per heavy atom. The van der Waals surface area contributed by atoms with Crippen LogP contribution in [-0.2, 0) is 11.0 Å². The van der Waals surface area contributed by atoms with Crippen LogP contribution in [0.3, 0.4) is 0 Å². The molecule has 0 radical (unpaired) electrons. The molecule has 202 valence electrons. The number of nitrogens with zero attached hydrogens (tertiary/aromatic N) is 3. The molecule has 1 aliphatic carbocycles. The summed E-state index contributed by atoms with van der Waals surface area (Å²) >= 11 is 0. The lowest BCUT2D eigenvalue weighted by molar-refractivity contribution is -0.141. The van der Waals surface area contributed by atoms with Crippen LogP contribution in [-0.4, -0.2) is 52.4 Å². The van der Waals surface area contributed by atoms with Crippen molar-refractivity contribution >= 4 is 22.7 Å². The smallest absolute Gasteiger partial charge is 0.433 e. The largest absolute Gasteiger partial charge is 0.494 e. The van der Waals surface area contributed by atoms with Gasteiger partial charge in [-0.3, -0.25) is 9.59 Å². The first-order chi connectivity index (χ1) is 18.0. The molecular weight excluding hydrogens is 503 g/mol. The highest BCUT2D eigenvalue weighted by Gasteiger charge is 2.48. The minimum atomic E-state index is -4.64. The Kier molecular flexibility index (Phi) is 6.54. The van der Waals surface area contributed by atoms with Gasteiger partial charge in [0.1, 0.15) is 22.5 Å². The van der Waals surface area contributed by atoms with Crippen molar-refractivity contribution < 1.29 is 31.9 Å². The lowest BCUT2D eigenvalue weighted by Crippen LogP contribution is -2.63. The molecule has 3 aromatic rings. The third-order valence-corrected chi connectivity index (χ3v) is 7.21. The molecule has 0 spiro atoms. The summed E-state index contributed by atoms with van der Waals surface area (Å²) < 4.78 is 51.1. The van der Waals surface area contributed by atoms with Gasteiger partial charge in [-0.15, -0.1) is 0 Å². The Labute approximate surface area is 216 Å². The van der Waals surface area contributed by atoms with E-state index in [2.05, 4.69) is 15.3 Å². The second kappa shape index (κ2) is 9.57. The summed E-state index contributed by atoms with van der Waals surface area (Å²) in [5.74, 6) is -0.447. The Hall–Kier alpha value is -3.67. The van der Waals surface area contributed by atoms with E-state index < -0.39 is 29.4 Å². The van der Waals surface area contributed by atoms with Crippen LogP contribution >= 0.6 is 0 Å². The molecule has 9 nitrogen and oxygen atoms in total. The lowest BCUT2D eigenvalue weighted by atomic mass is 9.75. The van der Waals surface area contributed by atoms with E-state index in [1.54, 1.807) is 17.9 Å². The van der Waals surface area contributed by atoms with Gasteiger partial charge in [-0.2, -0.15) is 13.2 Å². The number of ether oxygens (including phenoxy) is 1.